The number of nitrogens with zero attached hydrogens (tertiary/aromatic N) is 3. The van der Waals surface area contributed by atoms with Crippen LogP contribution in [0.25, 0.3) is 16.6 Å². The van der Waals surface area contributed by atoms with Crippen molar-refractivity contribution in [1.29, 1.82) is 0 Å². The summed E-state index contributed by atoms with van der Waals surface area (Å²) < 4.78 is 12.7. The monoisotopic (exact) mass is 421 g/mol. The van der Waals surface area contributed by atoms with Gasteiger partial charge in [0, 0.05) is 6.54 Å². The zero-order valence-corrected chi connectivity index (χ0v) is 18.3. The first kappa shape index (κ1) is 20.9. The number of rotatable bonds is 3. The van der Waals surface area contributed by atoms with Crippen molar-refractivity contribution in [1.82, 2.24) is 14.5 Å². The molecule has 1 saturated heterocycles. The highest BCUT2D eigenvalue weighted by molar-refractivity contribution is 5.84. The van der Waals surface area contributed by atoms with Gasteiger partial charge < -0.3 is 9.47 Å². The van der Waals surface area contributed by atoms with Crippen molar-refractivity contribution in [3.63, 3.8) is 0 Å². The second kappa shape index (κ2) is 8.06. The van der Waals surface area contributed by atoms with Crippen LogP contribution in [0.5, 0.6) is 5.75 Å². The molecule has 0 N–H and O–H groups in total. The molecule has 4 rings (SSSR count). The third-order valence-electron chi connectivity index (χ3n) is 5.30. The van der Waals surface area contributed by atoms with Crippen molar-refractivity contribution in [3.8, 4) is 11.4 Å². The summed E-state index contributed by atoms with van der Waals surface area (Å²) in [6, 6.07) is 14.4. The van der Waals surface area contributed by atoms with Crippen LogP contribution in [-0.2, 0) is 4.74 Å². The standard InChI is InChI=1S/C24H27N3O4/c1-24(2,3)31-23(29)26-15-9-13-18(26)21-25-17-12-8-14-19(30-4)20(17)22(28)27(21)16-10-6-5-7-11-16/h5-8,10-12,14,18H,9,13,15H2,1-4H3/t18-/m0/s1. The van der Waals surface area contributed by atoms with Gasteiger partial charge in [0.2, 0.25) is 0 Å². The van der Waals surface area contributed by atoms with Crippen LogP contribution in [0.3, 0.4) is 0 Å². The van der Waals surface area contributed by atoms with Gasteiger partial charge in [0.25, 0.3) is 5.56 Å². The highest BCUT2D eigenvalue weighted by Gasteiger charge is 2.36. The lowest BCUT2D eigenvalue weighted by atomic mass is 10.1. The molecular formula is C24H27N3O4. The number of ether oxygens (including phenoxy) is 2. The molecule has 2 aromatic carbocycles. The largest absolute Gasteiger partial charge is 0.496 e. The van der Waals surface area contributed by atoms with Crippen molar-refractivity contribution >= 4 is 17.0 Å². The van der Waals surface area contributed by atoms with Gasteiger partial charge in [-0.1, -0.05) is 24.3 Å². The molecule has 2 heterocycles. The SMILES string of the molecule is COc1cccc2nc([C@@H]3CCCN3C(=O)OC(C)(C)C)n(-c3ccccc3)c(=O)c12. The zero-order valence-electron chi connectivity index (χ0n) is 18.3. The van der Waals surface area contributed by atoms with Gasteiger partial charge in [0.05, 0.1) is 24.4 Å². The van der Waals surface area contributed by atoms with Gasteiger partial charge in [0.1, 0.15) is 22.6 Å². The number of likely N-dealkylation sites (tertiary alicyclic amines) is 1. The first-order valence-electron chi connectivity index (χ1n) is 10.4. The Morgan fingerprint density at radius 3 is 2.52 bits per heavy atom. The average molecular weight is 421 g/mol. The number of carbonyl (C=O) groups is 1. The van der Waals surface area contributed by atoms with E-state index in [9.17, 15) is 9.59 Å². The molecule has 0 bridgehead atoms. The number of para-hydroxylation sites is 1. The summed E-state index contributed by atoms with van der Waals surface area (Å²) >= 11 is 0. The minimum Gasteiger partial charge on any atom is -0.496 e. The van der Waals surface area contributed by atoms with Crippen molar-refractivity contribution in [3.05, 3.63) is 64.7 Å². The van der Waals surface area contributed by atoms with E-state index in [-0.39, 0.29) is 11.6 Å². The fourth-order valence-electron chi connectivity index (χ4n) is 4.01. The topological polar surface area (TPSA) is 73.7 Å². The summed E-state index contributed by atoms with van der Waals surface area (Å²) in [5.74, 6) is 1.00. The molecule has 3 aromatic rings. The lowest BCUT2D eigenvalue weighted by molar-refractivity contribution is 0.0216. The van der Waals surface area contributed by atoms with Crippen molar-refractivity contribution in [2.24, 2.45) is 0 Å². The number of methoxy groups -OCH3 is 1. The molecule has 0 saturated carbocycles. The van der Waals surface area contributed by atoms with Crippen molar-refractivity contribution in [2.45, 2.75) is 45.3 Å². The fraction of sp³-hybridized carbons (Fsp3) is 0.375. The van der Waals surface area contributed by atoms with Gasteiger partial charge in [-0.3, -0.25) is 14.3 Å². The molecule has 1 aliphatic heterocycles. The lowest BCUT2D eigenvalue weighted by Crippen LogP contribution is -2.38. The fourth-order valence-corrected chi connectivity index (χ4v) is 4.01. The van der Waals surface area contributed by atoms with Crippen LogP contribution in [0.4, 0.5) is 4.79 Å². The van der Waals surface area contributed by atoms with Crippen LogP contribution < -0.4 is 10.3 Å². The molecule has 7 nitrogen and oxygen atoms in total. The summed E-state index contributed by atoms with van der Waals surface area (Å²) in [6.07, 6.45) is 1.12. The minimum atomic E-state index is -0.604. The molecular weight excluding hydrogens is 394 g/mol. The van der Waals surface area contributed by atoms with Crippen molar-refractivity contribution in [2.75, 3.05) is 13.7 Å². The number of hydrogen-bond donors (Lipinski definition) is 0. The van der Waals surface area contributed by atoms with E-state index in [4.69, 9.17) is 14.5 Å². The summed E-state index contributed by atoms with van der Waals surface area (Å²) in [7, 11) is 1.54. The smallest absolute Gasteiger partial charge is 0.410 e. The maximum Gasteiger partial charge on any atom is 0.410 e. The van der Waals surface area contributed by atoms with E-state index in [1.807, 2.05) is 57.2 Å². The van der Waals surface area contributed by atoms with E-state index in [0.717, 1.165) is 6.42 Å². The predicted molar refractivity (Wildman–Crippen MR) is 119 cm³/mol. The van der Waals surface area contributed by atoms with Crippen LogP contribution >= 0.6 is 0 Å². The molecule has 1 amide bonds. The van der Waals surface area contributed by atoms with E-state index in [1.165, 1.54) is 7.11 Å². The molecule has 0 aliphatic carbocycles. The van der Waals surface area contributed by atoms with Gasteiger partial charge in [-0.15, -0.1) is 0 Å². The number of fused-ring (bicyclic) bond motifs is 1. The Hall–Kier alpha value is -3.35. The molecule has 0 unspecified atom stereocenters. The maximum atomic E-state index is 13.7. The second-order valence-electron chi connectivity index (χ2n) is 8.63. The first-order chi connectivity index (χ1) is 14.8. The van der Waals surface area contributed by atoms with Crippen LogP contribution in [-0.4, -0.2) is 39.8 Å². The highest BCUT2D eigenvalue weighted by atomic mass is 16.6. The zero-order chi connectivity index (χ0) is 22.2. The molecule has 1 aromatic heterocycles. The Balaban J connectivity index is 1.93. The Labute approximate surface area is 181 Å². The number of carbonyl (C=O) groups excluding carboxylic acids is 1. The van der Waals surface area contributed by atoms with E-state index < -0.39 is 11.7 Å². The molecule has 1 aliphatic rings. The normalized spacial score (nSPS) is 16.5. The molecule has 1 atom stereocenters. The molecule has 7 heteroatoms. The summed E-state index contributed by atoms with van der Waals surface area (Å²) in [5, 5.41) is 0.416. The Morgan fingerprint density at radius 2 is 1.84 bits per heavy atom. The van der Waals surface area contributed by atoms with E-state index in [2.05, 4.69) is 0 Å². The molecule has 0 radical (unpaired) electrons. The van der Waals surface area contributed by atoms with E-state index in [1.54, 1.807) is 21.6 Å². The Bertz CT molecular complexity index is 1170. The number of benzene rings is 2. The molecule has 0 spiro atoms. The number of hydrogen-bond acceptors (Lipinski definition) is 5. The number of aromatic nitrogens is 2. The maximum absolute atomic E-state index is 13.7. The molecule has 31 heavy (non-hydrogen) atoms. The van der Waals surface area contributed by atoms with E-state index >= 15 is 0 Å². The van der Waals surface area contributed by atoms with Gasteiger partial charge in [-0.25, -0.2) is 9.78 Å². The lowest BCUT2D eigenvalue weighted by Gasteiger charge is -2.29. The summed E-state index contributed by atoms with van der Waals surface area (Å²) in [5.41, 5.74) is 0.411. The third-order valence-corrected chi connectivity index (χ3v) is 5.30. The number of amides is 1. The van der Waals surface area contributed by atoms with Gasteiger partial charge in [0.15, 0.2) is 0 Å². The highest BCUT2D eigenvalue weighted by Crippen LogP contribution is 2.34. The van der Waals surface area contributed by atoms with Gasteiger partial charge in [-0.05, 0) is 57.9 Å². The van der Waals surface area contributed by atoms with Crippen LogP contribution in [0.15, 0.2) is 53.3 Å². The summed E-state index contributed by atoms with van der Waals surface area (Å²) in [6.45, 7) is 6.09. The minimum absolute atomic E-state index is 0.223. The first-order valence-corrected chi connectivity index (χ1v) is 10.4. The summed E-state index contributed by atoms with van der Waals surface area (Å²) in [4.78, 5) is 33.2. The Morgan fingerprint density at radius 1 is 1.10 bits per heavy atom. The second-order valence-corrected chi connectivity index (χ2v) is 8.63. The van der Waals surface area contributed by atoms with Gasteiger partial charge >= 0.3 is 6.09 Å². The molecule has 162 valence electrons. The third kappa shape index (κ3) is 4.00. The van der Waals surface area contributed by atoms with Crippen molar-refractivity contribution < 1.29 is 14.3 Å². The van der Waals surface area contributed by atoms with Crippen LogP contribution in [0.1, 0.15) is 45.5 Å². The Kier molecular flexibility index (Phi) is 5.43. The van der Waals surface area contributed by atoms with Gasteiger partial charge in [-0.2, -0.15) is 0 Å². The van der Waals surface area contributed by atoms with Crippen LogP contribution in [0, 0.1) is 0 Å². The molecule has 1 fully saturated rings. The van der Waals surface area contributed by atoms with Crippen LogP contribution in [0.2, 0.25) is 0 Å². The quantitative estimate of drug-likeness (QED) is 0.624. The average Bonchev–Trinajstić information content (AvgIpc) is 3.22. The van der Waals surface area contributed by atoms with E-state index in [0.29, 0.717) is 41.1 Å². The predicted octanol–water partition coefficient (Wildman–Crippen LogP) is 4.47.